The zero-order valence-corrected chi connectivity index (χ0v) is 20.6. The van der Waals surface area contributed by atoms with Crippen LogP contribution in [0.4, 0.5) is 0 Å². The molecule has 0 bridgehead atoms. The fourth-order valence-corrected chi connectivity index (χ4v) is 3.95. The molecule has 1 atom stereocenters. The van der Waals surface area contributed by atoms with Crippen LogP contribution in [-0.4, -0.2) is 25.2 Å². The molecule has 0 aliphatic carbocycles. The highest BCUT2D eigenvalue weighted by Gasteiger charge is 2.15. The minimum atomic E-state index is 0.613. The third-order valence-electron chi connectivity index (χ3n) is 5.50. The van der Waals surface area contributed by atoms with E-state index in [1.54, 1.807) is 7.11 Å². The first-order valence-electron chi connectivity index (χ1n) is 11.7. The first-order valence-corrected chi connectivity index (χ1v) is 12.6. The van der Waals surface area contributed by atoms with E-state index in [2.05, 4.69) is 48.0 Å². The maximum atomic E-state index is 6.20. The van der Waals surface area contributed by atoms with Crippen molar-refractivity contribution in [2.24, 2.45) is 0 Å². The van der Waals surface area contributed by atoms with E-state index in [4.69, 9.17) is 14.2 Å². The molecule has 30 heavy (non-hydrogen) atoms. The van der Waals surface area contributed by atoms with E-state index in [1.165, 1.54) is 44.9 Å². The van der Waals surface area contributed by atoms with Crippen LogP contribution in [0.15, 0.2) is 30.3 Å². The molecule has 0 fully saturated rings. The van der Waals surface area contributed by atoms with Crippen LogP contribution in [0, 0.1) is 0 Å². The van der Waals surface area contributed by atoms with E-state index in [1.807, 2.05) is 12.1 Å². The molecule has 0 aliphatic heterocycles. The average molecular weight is 479 g/mol. The largest absolute Gasteiger partial charge is 0.493 e. The van der Waals surface area contributed by atoms with Gasteiger partial charge in [0.15, 0.2) is 11.5 Å². The van der Waals surface area contributed by atoms with Crippen LogP contribution in [0.1, 0.15) is 78.1 Å². The molecule has 1 unspecified atom stereocenters. The van der Waals surface area contributed by atoms with Gasteiger partial charge in [-0.25, -0.2) is 0 Å². The lowest BCUT2D eigenvalue weighted by atomic mass is 10.1. The van der Waals surface area contributed by atoms with Gasteiger partial charge in [0.25, 0.3) is 0 Å². The molecule has 2 aromatic rings. The summed E-state index contributed by atoms with van der Waals surface area (Å²) in [6, 6.07) is 10.3. The number of hydrogen-bond acceptors (Lipinski definition) is 3. The van der Waals surface area contributed by atoms with Crippen molar-refractivity contribution in [3.05, 3.63) is 30.3 Å². The van der Waals surface area contributed by atoms with Gasteiger partial charge < -0.3 is 14.2 Å². The number of hydrogen-bond donors (Lipinski definition) is 0. The van der Waals surface area contributed by atoms with Gasteiger partial charge in [0.05, 0.1) is 20.3 Å². The monoisotopic (exact) mass is 478 g/mol. The molecule has 168 valence electrons. The number of ether oxygens (including phenoxy) is 3. The molecule has 3 nitrogen and oxygen atoms in total. The first-order chi connectivity index (χ1) is 14.7. The van der Waals surface area contributed by atoms with Crippen molar-refractivity contribution in [3.8, 4) is 17.2 Å². The zero-order chi connectivity index (χ0) is 21.6. The van der Waals surface area contributed by atoms with Crippen molar-refractivity contribution in [3.63, 3.8) is 0 Å². The van der Waals surface area contributed by atoms with Gasteiger partial charge in [-0.05, 0) is 32.1 Å². The molecular weight excluding hydrogens is 440 g/mol. The first kappa shape index (κ1) is 24.8. The molecule has 0 amide bonds. The van der Waals surface area contributed by atoms with Gasteiger partial charge in [0.1, 0.15) is 5.75 Å². The highest BCUT2D eigenvalue weighted by Crippen LogP contribution is 2.41. The van der Waals surface area contributed by atoms with Crippen molar-refractivity contribution in [1.29, 1.82) is 0 Å². The molecule has 2 aromatic carbocycles. The molecule has 0 saturated carbocycles. The third-order valence-corrected chi connectivity index (χ3v) is 6.60. The molecule has 0 radical (unpaired) electrons. The van der Waals surface area contributed by atoms with Crippen LogP contribution < -0.4 is 14.2 Å². The predicted molar refractivity (Wildman–Crippen MR) is 132 cm³/mol. The Morgan fingerprint density at radius 1 is 0.800 bits per heavy atom. The van der Waals surface area contributed by atoms with Crippen molar-refractivity contribution in [2.45, 2.75) is 82.9 Å². The van der Waals surface area contributed by atoms with Crippen molar-refractivity contribution >= 4 is 26.7 Å². The van der Waals surface area contributed by atoms with Gasteiger partial charge in [-0.2, -0.15) is 0 Å². The molecule has 0 N–H and O–H groups in total. The van der Waals surface area contributed by atoms with Crippen molar-refractivity contribution < 1.29 is 14.2 Å². The lowest BCUT2D eigenvalue weighted by Gasteiger charge is -2.17. The van der Waals surface area contributed by atoms with Crippen LogP contribution >= 0.6 is 15.9 Å². The Morgan fingerprint density at radius 3 is 2.20 bits per heavy atom. The summed E-state index contributed by atoms with van der Waals surface area (Å²) >= 11 is 3.70. The minimum absolute atomic E-state index is 0.613. The number of methoxy groups -OCH3 is 1. The SMILES string of the molecule is CCCCCCCCOc1c(OC)cc(OCCCCC(Br)CC)c2ccccc12. The zero-order valence-electron chi connectivity index (χ0n) is 19.1. The molecule has 0 heterocycles. The van der Waals surface area contributed by atoms with Gasteiger partial charge in [-0.1, -0.05) is 86.1 Å². The summed E-state index contributed by atoms with van der Waals surface area (Å²) in [5.74, 6) is 2.46. The molecule has 0 aliphatic rings. The maximum absolute atomic E-state index is 6.20. The summed E-state index contributed by atoms with van der Waals surface area (Å²) < 4.78 is 18.0. The Bertz CT molecular complexity index is 732. The van der Waals surface area contributed by atoms with Crippen LogP contribution in [0.3, 0.4) is 0 Å². The topological polar surface area (TPSA) is 27.7 Å². The lowest BCUT2D eigenvalue weighted by molar-refractivity contribution is 0.283. The number of rotatable bonds is 16. The fourth-order valence-electron chi connectivity index (χ4n) is 3.62. The van der Waals surface area contributed by atoms with Gasteiger partial charge in [0.2, 0.25) is 0 Å². The Balaban J connectivity index is 1.99. The van der Waals surface area contributed by atoms with Crippen LogP contribution in [0.5, 0.6) is 17.2 Å². The standard InChI is InChI=1S/C26H39BrO3/c1-4-6-7-8-9-13-19-30-26-23-17-11-10-16-22(23)24(20-25(26)28-3)29-18-14-12-15-21(27)5-2/h10-11,16-17,20-21H,4-9,12-15,18-19H2,1-3H3. The summed E-state index contributed by atoms with van der Waals surface area (Å²) in [5, 5.41) is 2.15. The maximum Gasteiger partial charge on any atom is 0.169 e. The van der Waals surface area contributed by atoms with Crippen molar-refractivity contribution in [1.82, 2.24) is 0 Å². The fraction of sp³-hybridized carbons (Fsp3) is 0.615. The van der Waals surface area contributed by atoms with E-state index in [9.17, 15) is 0 Å². The van der Waals surface area contributed by atoms with E-state index in [-0.39, 0.29) is 0 Å². The van der Waals surface area contributed by atoms with Crippen LogP contribution in [-0.2, 0) is 0 Å². The highest BCUT2D eigenvalue weighted by atomic mass is 79.9. The van der Waals surface area contributed by atoms with E-state index in [0.717, 1.165) is 53.9 Å². The minimum Gasteiger partial charge on any atom is -0.493 e. The Labute approximate surface area is 191 Å². The number of benzene rings is 2. The Hall–Kier alpha value is -1.42. The second-order valence-corrected chi connectivity index (χ2v) is 9.21. The highest BCUT2D eigenvalue weighted by molar-refractivity contribution is 9.09. The smallest absolute Gasteiger partial charge is 0.169 e. The lowest BCUT2D eigenvalue weighted by Crippen LogP contribution is -2.03. The van der Waals surface area contributed by atoms with E-state index in [0.29, 0.717) is 11.4 Å². The van der Waals surface area contributed by atoms with Gasteiger partial charge in [-0.3, -0.25) is 0 Å². The van der Waals surface area contributed by atoms with Gasteiger partial charge in [0, 0.05) is 21.7 Å². The van der Waals surface area contributed by atoms with Gasteiger partial charge in [-0.15, -0.1) is 0 Å². The summed E-state index contributed by atoms with van der Waals surface area (Å²) in [4.78, 5) is 0.613. The van der Waals surface area contributed by atoms with Crippen LogP contribution in [0.25, 0.3) is 10.8 Å². The second kappa shape index (κ2) is 14.6. The van der Waals surface area contributed by atoms with Crippen LogP contribution in [0.2, 0.25) is 0 Å². The molecule has 4 heteroatoms. The molecule has 0 spiro atoms. The van der Waals surface area contributed by atoms with E-state index >= 15 is 0 Å². The summed E-state index contributed by atoms with van der Waals surface area (Å²) in [7, 11) is 1.70. The molecular formula is C26H39BrO3. The Morgan fingerprint density at radius 2 is 1.47 bits per heavy atom. The number of alkyl halides is 1. The van der Waals surface area contributed by atoms with Gasteiger partial charge >= 0.3 is 0 Å². The van der Waals surface area contributed by atoms with Crippen molar-refractivity contribution in [2.75, 3.05) is 20.3 Å². The number of unbranched alkanes of at least 4 members (excludes halogenated alkanes) is 6. The van der Waals surface area contributed by atoms with E-state index < -0.39 is 0 Å². The predicted octanol–water partition coefficient (Wildman–Crippen LogP) is 8.31. The average Bonchev–Trinajstić information content (AvgIpc) is 2.78. The third kappa shape index (κ3) is 8.02. The molecule has 2 rings (SSSR count). The number of fused-ring (bicyclic) bond motifs is 1. The molecule has 0 aromatic heterocycles. The summed E-state index contributed by atoms with van der Waals surface area (Å²) in [5.41, 5.74) is 0. The Kier molecular flexibility index (Phi) is 12.1. The normalized spacial score (nSPS) is 12.1. The number of halogens is 1. The quantitative estimate of drug-likeness (QED) is 0.179. The summed E-state index contributed by atoms with van der Waals surface area (Å²) in [6.07, 6.45) is 12.1. The second-order valence-electron chi connectivity index (χ2n) is 7.92. The molecule has 0 saturated heterocycles. The summed E-state index contributed by atoms with van der Waals surface area (Å²) in [6.45, 7) is 5.90.